The third kappa shape index (κ3) is 20.5. The number of alkyl halides is 6. The molecule has 3 aliphatic heterocycles. The van der Waals surface area contributed by atoms with E-state index in [0.29, 0.717) is 50.7 Å². The molecule has 2 saturated heterocycles. The van der Waals surface area contributed by atoms with Crippen molar-refractivity contribution in [1.82, 2.24) is 60.0 Å². The minimum atomic E-state index is -5.46. The van der Waals surface area contributed by atoms with Crippen LogP contribution in [0.5, 0.6) is 0 Å². The van der Waals surface area contributed by atoms with Crippen LogP contribution in [0.25, 0.3) is 0 Å². The maximum Gasteiger partial charge on any atom is 0.422 e. The van der Waals surface area contributed by atoms with Crippen LogP contribution in [0.1, 0.15) is 133 Å². The molecule has 1 spiro atoms. The molecule has 4 fully saturated rings. The molecule has 2 saturated carbocycles. The first-order valence-electron chi connectivity index (χ1n) is 36.5. The lowest BCUT2D eigenvalue weighted by Crippen LogP contribution is -2.68. The molecule has 3 heterocycles. The van der Waals surface area contributed by atoms with Crippen LogP contribution < -0.4 is 16.0 Å². The minimum absolute atomic E-state index is 0.00646. The summed E-state index contributed by atoms with van der Waals surface area (Å²) < 4.78 is 125. The molecule has 34 heteroatoms. The van der Waals surface area contributed by atoms with Crippen LogP contribution in [0, 0.1) is 23.5 Å². The van der Waals surface area contributed by atoms with Crippen LogP contribution in [0.3, 0.4) is 0 Å². The number of ether oxygens (including phenoxy) is 2. The second-order valence-electron chi connectivity index (χ2n) is 29.1. The van der Waals surface area contributed by atoms with Gasteiger partial charge in [0.25, 0.3) is 0 Å². The van der Waals surface area contributed by atoms with Crippen LogP contribution in [-0.4, -0.2) is 277 Å². The van der Waals surface area contributed by atoms with Gasteiger partial charge < -0.3 is 69.5 Å². The Labute approximate surface area is 623 Å². The van der Waals surface area contributed by atoms with Crippen molar-refractivity contribution in [2.75, 3.05) is 102 Å². The number of aryl methyl sites for hydroxylation is 1. The molecule has 598 valence electrons. The normalized spacial score (nSPS) is 26.0. The first-order chi connectivity index (χ1) is 50.7. The Balaban J connectivity index is 1.34. The van der Waals surface area contributed by atoms with Gasteiger partial charge in [-0.05, 0) is 119 Å². The van der Waals surface area contributed by atoms with E-state index >= 15 is 37.5 Å². The summed E-state index contributed by atoms with van der Waals surface area (Å²) in [6.45, 7) is 4.28. The average Bonchev–Trinajstić information content (AvgIpc) is 1.17. The maximum absolute atomic E-state index is 15.5. The predicted molar refractivity (Wildman–Crippen MR) is 376 cm³/mol. The second-order valence-corrected chi connectivity index (χ2v) is 29.1. The van der Waals surface area contributed by atoms with Crippen LogP contribution in [-0.2, 0) is 92.2 Å². The summed E-state index contributed by atoms with van der Waals surface area (Å²) in [6, 6.07) is -7.49. The van der Waals surface area contributed by atoms with Crippen molar-refractivity contribution in [3.8, 4) is 0 Å². The summed E-state index contributed by atoms with van der Waals surface area (Å²) in [4.78, 5) is 190. The molecule has 10 atom stereocenters. The highest BCUT2D eigenvalue weighted by molar-refractivity contribution is 6.01. The Morgan fingerprint density at radius 1 is 0.704 bits per heavy atom. The molecule has 0 unspecified atom stereocenters. The van der Waals surface area contributed by atoms with E-state index in [-0.39, 0.29) is 70.5 Å². The van der Waals surface area contributed by atoms with Crippen molar-refractivity contribution in [2.24, 2.45) is 11.8 Å². The van der Waals surface area contributed by atoms with Gasteiger partial charge >= 0.3 is 12.4 Å². The van der Waals surface area contributed by atoms with E-state index in [2.05, 4.69) is 16.0 Å². The Bertz CT molecular complexity index is 3630. The van der Waals surface area contributed by atoms with E-state index in [1.54, 1.807) is 32.9 Å². The van der Waals surface area contributed by atoms with Crippen LogP contribution >= 0.6 is 0 Å². The number of likely N-dealkylation sites (N-methyl/N-ethyl adjacent to an activating group) is 7. The number of nitrogens with zero attached hydrogens (tertiary/aromatic N) is 9. The number of carbonyl (C=O) groups is 12. The number of hydrogen-bond donors (Lipinski definition) is 3. The molecule has 12 amide bonds. The van der Waals surface area contributed by atoms with E-state index in [1.807, 2.05) is 0 Å². The van der Waals surface area contributed by atoms with Gasteiger partial charge in [-0.25, -0.2) is 8.78 Å². The van der Waals surface area contributed by atoms with Crippen LogP contribution in [0.4, 0.5) is 35.1 Å². The van der Waals surface area contributed by atoms with E-state index in [4.69, 9.17) is 9.47 Å². The third-order valence-corrected chi connectivity index (χ3v) is 21.8. The number of fused-ring (bicyclic) bond motifs is 3. The summed E-state index contributed by atoms with van der Waals surface area (Å²) in [5.74, 6) is -15.4. The van der Waals surface area contributed by atoms with Gasteiger partial charge in [-0.1, -0.05) is 57.4 Å². The average molecular weight is 1540 g/mol. The number of rotatable bonds is 14. The summed E-state index contributed by atoms with van der Waals surface area (Å²) >= 11 is 0. The largest absolute Gasteiger partial charge is 0.422 e. The molecule has 2 aromatic carbocycles. The molecule has 2 bridgehead atoms. The van der Waals surface area contributed by atoms with Gasteiger partial charge in [-0.15, -0.1) is 0 Å². The Morgan fingerprint density at radius 2 is 1.33 bits per heavy atom. The minimum Gasteiger partial charge on any atom is -0.383 e. The maximum atomic E-state index is 15.5. The zero-order chi connectivity index (χ0) is 80.2. The van der Waals surface area contributed by atoms with Gasteiger partial charge in [-0.3, -0.25) is 57.5 Å². The fourth-order valence-electron chi connectivity index (χ4n) is 14.7. The molecular weight excluding hydrogens is 1430 g/mol. The van der Waals surface area contributed by atoms with E-state index in [0.717, 1.165) is 65.6 Å². The molecule has 108 heavy (non-hydrogen) atoms. The molecule has 26 nitrogen and oxygen atoms in total. The number of nitrogens with one attached hydrogen (secondary N) is 3. The molecule has 2 aliphatic carbocycles. The second kappa shape index (κ2) is 37.1. The lowest BCUT2D eigenvalue weighted by molar-refractivity contribution is -0.158. The van der Waals surface area contributed by atoms with Gasteiger partial charge in [0.1, 0.15) is 71.1 Å². The van der Waals surface area contributed by atoms with Gasteiger partial charge in [0.2, 0.25) is 70.9 Å². The fraction of sp³-hybridized carbons (Fsp3) is 0.649. The van der Waals surface area contributed by atoms with Gasteiger partial charge in [0, 0.05) is 95.5 Å². The summed E-state index contributed by atoms with van der Waals surface area (Å²) in [6.07, 6.45) is -7.66. The number of amides is 12. The van der Waals surface area contributed by atoms with Gasteiger partial charge in [-0.2, -0.15) is 26.3 Å². The molecule has 0 aromatic heterocycles. The SMILES string of the molecule is CCO[C@@H]1C[C@H]2C(=O)NC3(CCC3)C(=O)N(C)[C@@H](C3CCCC3)C(=O)N(C)[C@H](C(=O)N(C)CCOC)CC(=O)N(C)[C@@H](C)C(=O)N[C@@H]([C@@H](C)CC)C(=O)N(C)CC(=O)N(C)[C@H]3C/C=C\CCN(C3=O)[C@@H](Cc3ccc(C(F)(F)F)cc3)C(=O)N(C)CC(=O)N[C@@H](CCc3cc(F)c(C(F)(F)F)c(F)c3)C(=O)N2C1. The number of halogens is 8. The quantitative estimate of drug-likeness (QED) is 0.170. The van der Waals surface area contributed by atoms with Crippen molar-refractivity contribution in [1.29, 1.82) is 0 Å². The summed E-state index contributed by atoms with van der Waals surface area (Å²) in [7, 11) is 10.5. The lowest BCUT2D eigenvalue weighted by atomic mass is 9.74. The monoisotopic (exact) mass is 1530 g/mol. The fourth-order valence-corrected chi connectivity index (χ4v) is 14.7. The third-order valence-electron chi connectivity index (χ3n) is 21.8. The lowest BCUT2D eigenvalue weighted by Gasteiger charge is -2.46. The highest BCUT2D eigenvalue weighted by atomic mass is 19.4. The zero-order valence-electron chi connectivity index (χ0n) is 63.3. The molecular formula is C74H102F8N12O14. The van der Waals surface area contributed by atoms with E-state index < -0.39 is 222 Å². The van der Waals surface area contributed by atoms with Crippen molar-refractivity contribution in [3.05, 3.63) is 82.4 Å². The zero-order valence-corrected chi connectivity index (χ0v) is 63.3. The first kappa shape index (κ1) is 86.4. The summed E-state index contributed by atoms with van der Waals surface area (Å²) in [5, 5.41) is 8.16. The van der Waals surface area contributed by atoms with Crippen molar-refractivity contribution in [2.45, 2.75) is 196 Å². The first-order valence-corrected chi connectivity index (χ1v) is 36.5. The van der Waals surface area contributed by atoms with Gasteiger partial charge in [0.15, 0.2) is 0 Å². The van der Waals surface area contributed by atoms with Crippen molar-refractivity contribution in [3.63, 3.8) is 0 Å². The van der Waals surface area contributed by atoms with Crippen LogP contribution in [0.15, 0.2) is 48.6 Å². The number of hydrogen-bond acceptors (Lipinski definition) is 14. The van der Waals surface area contributed by atoms with E-state index in [1.165, 1.54) is 66.1 Å². The Morgan fingerprint density at radius 3 is 1.91 bits per heavy atom. The van der Waals surface area contributed by atoms with Crippen molar-refractivity contribution >= 4 is 70.9 Å². The molecule has 3 N–H and O–H groups in total. The molecule has 5 aliphatic rings. The molecule has 7 rings (SSSR count). The highest BCUT2D eigenvalue weighted by Gasteiger charge is 2.54. The number of benzene rings is 2. The topological polar surface area (TPSA) is 289 Å². The summed E-state index contributed by atoms with van der Waals surface area (Å²) in [5.41, 5.74) is -5.27. The highest BCUT2D eigenvalue weighted by Crippen LogP contribution is 2.40. The number of methoxy groups -OCH3 is 1. The van der Waals surface area contributed by atoms with Crippen molar-refractivity contribution < 1.29 is 102 Å². The Kier molecular flexibility index (Phi) is 29.7. The Hall–Kier alpha value is -8.82. The number of carbonyl (C=O) groups excluding carboxylic acids is 12. The van der Waals surface area contributed by atoms with Crippen LogP contribution in [0.2, 0.25) is 0 Å². The smallest absolute Gasteiger partial charge is 0.383 e. The van der Waals surface area contributed by atoms with Gasteiger partial charge in [0.05, 0.1) is 37.8 Å². The predicted octanol–water partition coefficient (Wildman–Crippen LogP) is 4.73. The standard InChI is InChI=1S/C74H102F8N12O14/c1-13-43(3)61-69(104)88(7)42-59(97)90(9)53-23-16-15-19-32-93(68(53)103)56(37-45-24-27-48(28-25-45)73(77,78)79)67(102)87(6)41-57(95)83-52(29-26-46-35-50(75)60(51(76)36-46)74(80,81)82)65(100)94-40-49(108-14-2)38-54(94)64(99)85-72(30-20-31-72)71(106)92(11)62(47-21-17-18-22-47)70(105)91(10)55(66(101)86(5)33-34-107-12)39-58(96)89(8)44(4)63(98)84-61/h15-16,24-25,27-28,35-36,43-44,47,49,52-56,61-62H,13-14,17-23,26,29-34,37-42H2,1-12H3,(H,83,95)(H,84,98)(H,85,99)/b16-15-/t43-,44-,49+,52-,53-,54-,55-,56-,61-,62-/m0/s1. The molecule has 0 radical (unpaired) electrons. The molecule has 2 aromatic rings. The van der Waals surface area contributed by atoms with E-state index in [9.17, 15) is 55.1 Å².